The van der Waals surface area contributed by atoms with Crippen LogP contribution in [0, 0.1) is 0 Å². The van der Waals surface area contributed by atoms with Crippen LogP contribution in [0.4, 0.5) is 0 Å². The number of hydrogen-bond donors (Lipinski definition) is 0. The zero-order chi connectivity index (χ0) is 33.5. The molecule has 2 unspecified atom stereocenters. The molecule has 0 N–H and O–H groups in total. The number of benzene rings is 4. The van der Waals surface area contributed by atoms with Gasteiger partial charge in [-0.2, -0.15) is 0 Å². The van der Waals surface area contributed by atoms with E-state index in [-0.39, 0.29) is 18.0 Å². The van der Waals surface area contributed by atoms with Gasteiger partial charge in [-0.3, -0.25) is 9.80 Å². The van der Waals surface area contributed by atoms with E-state index in [0.717, 1.165) is 60.4 Å². The van der Waals surface area contributed by atoms with Crippen molar-refractivity contribution < 1.29 is 28.4 Å². The highest BCUT2D eigenvalue weighted by molar-refractivity contribution is 6.17. The van der Waals surface area contributed by atoms with E-state index >= 15 is 0 Å². The van der Waals surface area contributed by atoms with Gasteiger partial charge in [0.05, 0.1) is 34.3 Å². The van der Waals surface area contributed by atoms with E-state index < -0.39 is 0 Å². The highest BCUT2D eigenvalue weighted by atomic mass is 35.5. The lowest BCUT2D eigenvalue weighted by atomic mass is 9.84. The van der Waals surface area contributed by atoms with Gasteiger partial charge in [0.25, 0.3) is 0 Å². The minimum atomic E-state index is -0.0626. The Hall–Kier alpha value is -4.11. The number of ether oxygens (including phenoxy) is 6. The van der Waals surface area contributed by atoms with Gasteiger partial charge in [-0.1, -0.05) is 18.2 Å². The molecule has 0 fully saturated rings. The third-order valence-corrected chi connectivity index (χ3v) is 10.5. The smallest absolute Gasteiger partial charge is 0.204 e. The quantitative estimate of drug-likeness (QED) is 0.199. The first-order valence-electron chi connectivity index (χ1n) is 16.5. The Labute approximate surface area is 288 Å². The van der Waals surface area contributed by atoms with E-state index in [0.29, 0.717) is 46.7 Å². The zero-order valence-corrected chi connectivity index (χ0v) is 29.3. The van der Waals surface area contributed by atoms with Crippen molar-refractivity contribution in [2.75, 3.05) is 55.6 Å². The third kappa shape index (κ3) is 5.70. The Morgan fingerprint density at radius 1 is 0.708 bits per heavy atom. The second-order valence-corrected chi connectivity index (χ2v) is 13.1. The molecule has 252 valence electrons. The minimum absolute atomic E-state index is 0.0626. The summed E-state index contributed by atoms with van der Waals surface area (Å²) in [6, 6.07) is 18.9. The van der Waals surface area contributed by atoms with E-state index in [2.05, 4.69) is 60.3 Å². The van der Waals surface area contributed by atoms with Gasteiger partial charge < -0.3 is 28.4 Å². The fourth-order valence-electron chi connectivity index (χ4n) is 7.65. The monoisotopic (exact) mass is 670 g/mol. The van der Waals surface area contributed by atoms with Crippen molar-refractivity contribution in [3.63, 3.8) is 0 Å². The third-order valence-electron chi connectivity index (χ3n) is 10.2. The molecule has 0 amide bonds. The second-order valence-electron chi connectivity index (χ2n) is 12.8. The topological polar surface area (TPSA) is 61.9 Å². The van der Waals surface area contributed by atoms with E-state index in [1.54, 1.807) is 28.4 Å². The molecular formula is C39H43ClN2O6. The molecule has 0 aromatic heterocycles. The first-order chi connectivity index (χ1) is 23.4. The van der Waals surface area contributed by atoms with E-state index in [1.165, 1.54) is 16.7 Å². The fourth-order valence-corrected chi connectivity index (χ4v) is 7.93. The van der Waals surface area contributed by atoms with Crippen molar-refractivity contribution >= 4 is 11.6 Å². The zero-order valence-electron chi connectivity index (χ0n) is 28.5. The lowest BCUT2D eigenvalue weighted by Crippen LogP contribution is -2.34. The summed E-state index contributed by atoms with van der Waals surface area (Å²) in [7, 11) is 11.0. The molecule has 48 heavy (non-hydrogen) atoms. The number of methoxy groups -OCH3 is 4. The maximum Gasteiger partial charge on any atom is 0.204 e. The summed E-state index contributed by atoms with van der Waals surface area (Å²) in [6.07, 6.45) is 3.24. The molecule has 0 radical (unpaired) electrons. The predicted molar refractivity (Wildman–Crippen MR) is 187 cm³/mol. The Kier molecular flexibility index (Phi) is 9.07. The van der Waals surface area contributed by atoms with Gasteiger partial charge in [0, 0.05) is 36.3 Å². The summed E-state index contributed by atoms with van der Waals surface area (Å²) in [5, 5.41) is 0. The summed E-state index contributed by atoms with van der Waals surface area (Å²) in [4.78, 5) is 4.79. The predicted octanol–water partition coefficient (Wildman–Crippen LogP) is 7.90. The van der Waals surface area contributed by atoms with Crippen molar-refractivity contribution in [3.8, 4) is 46.0 Å². The van der Waals surface area contributed by atoms with Crippen LogP contribution < -0.4 is 28.4 Å². The van der Waals surface area contributed by atoms with E-state index in [1.807, 2.05) is 18.2 Å². The molecule has 4 aromatic rings. The van der Waals surface area contributed by atoms with Crippen LogP contribution in [0.25, 0.3) is 0 Å². The maximum absolute atomic E-state index is 7.09. The lowest BCUT2D eigenvalue weighted by molar-refractivity contribution is 0.219. The Morgan fingerprint density at radius 2 is 1.38 bits per heavy atom. The normalized spacial score (nSPS) is 18.9. The number of halogens is 1. The van der Waals surface area contributed by atoms with Crippen LogP contribution in [0.1, 0.15) is 51.0 Å². The Balaban J connectivity index is 1.50. The summed E-state index contributed by atoms with van der Waals surface area (Å²) in [5.74, 6) is 5.46. The van der Waals surface area contributed by atoms with Crippen LogP contribution in [0.15, 0.2) is 54.6 Å². The van der Waals surface area contributed by atoms with Gasteiger partial charge in [-0.15, -0.1) is 11.6 Å². The highest BCUT2D eigenvalue weighted by Crippen LogP contribution is 2.54. The van der Waals surface area contributed by atoms with Crippen LogP contribution in [0.5, 0.6) is 46.0 Å². The molecule has 4 aliphatic rings. The van der Waals surface area contributed by atoms with Gasteiger partial charge in [-0.05, 0) is 104 Å². The number of likely N-dealkylation sites (N-methyl/N-ethyl adjacent to an activating group) is 2. The van der Waals surface area contributed by atoms with Gasteiger partial charge in [0.15, 0.2) is 34.5 Å². The molecule has 4 aliphatic heterocycles. The maximum atomic E-state index is 7.09. The summed E-state index contributed by atoms with van der Waals surface area (Å²) in [6.45, 7) is 1.79. The van der Waals surface area contributed by atoms with Crippen molar-refractivity contribution in [3.05, 3.63) is 93.5 Å². The number of fused-ring (bicyclic) bond motifs is 2. The Bertz CT molecular complexity index is 1830. The molecule has 0 aliphatic carbocycles. The molecule has 6 bridgehead atoms. The summed E-state index contributed by atoms with van der Waals surface area (Å²) < 4.78 is 37.4. The van der Waals surface area contributed by atoms with Crippen LogP contribution >= 0.6 is 11.6 Å². The lowest BCUT2D eigenvalue weighted by Gasteiger charge is -2.38. The molecule has 4 aromatic carbocycles. The number of hydrogen-bond acceptors (Lipinski definition) is 8. The molecule has 8 nitrogen and oxygen atoms in total. The molecule has 9 heteroatoms. The van der Waals surface area contributed by atoms with Gasteiger partial charge in [0.2, 0.25) is 5.75 Å². The average Bonchev–Trinajstić information content (AvgIpc) is 3.10. The van der Waals surface area contributed by atoms with Crippen molar-refractivity contribution in [2.45, 2.75) is 43.6 Å². The molecule has 0 saturated heterocycles. The second kappa shape index (κ2) is 13.4. The Morgan fingerprint density at radius 3 is 2.08 bits per heavy atom. The summed E-state index contributed by atoms with van der Waals surface area (Å²) >= 11 is 6.69. The standard InChI is InChI=1S/C39H43ClN2O6/c1-41-15-13-25-20-33(44-4)35-21-28(25)30(41)17-23-7-10-26(11-8-23)47-34-19-24(9-12-32(34)43-3)18-31-36-27(14-16-42(31)2)29(22-40)37(45-5)39(46-6)38(36)48-35/h7-12,19-21,30-31H,13-18,22H2,1-6H3. The molecule has 2 atom stereocenters. The van der Waals surface area contributed by atoms with Crippen LogP contribution in [-0.2, 0) is 31.6 Å². The van der Waals surface area contributed by atoms with E-state index in [9.17, 15) is 0 Å². The van der Waals surface area contributed by atoms with Crippen LogP contribution in [-0.4, -0.2) is 65.4 Å². The molecule has 4 heterocycles. The van der Waals surface area contributed by atoms with Gasteiger partial charge in [-0.25, -0.2) is 0 Å². The average molecular weight is 671 g/mol. The van der Waals surface area contributed by atoms with Crippen molar-refractivity contribution in [2.24, 2.45) is 0 Å². The van der Waals surface area contributed by atoms with Crippen molar-refractivity contribution in [1.29, 1.82) is 0 Å². The first-order valence-corrected chi connectivity index (χ1v) is 17.0. The van der Waals surface area contributed by atoms with Gasteiger partial charge >= 0.3 is 0 Å². The van der Waals surface area contributed by atoms with E-state index in [4.69, 9.17) is 40.0 Å². The first kappa shape index (κ1) is 32.4. The number of rotatable bonds is 5. The van der Waals surface area contributed by atoms with Crippen LogP contribution in [0.2, 0.25) is 0 Å². The minimum Gasteiger partial charge on any atom is -0.493 e. The number of alkyl halides is 1. The largest absolute Gasteiger partial charge is 0.493 e. The molecular weight excluding hydrogens is 628 g/mol. The van der Waals surface area contributed by atoms with Gasteiger partial charge in [0.1, 0.15) is 5.75 Å². The highest BCUT2D eigenvalue weighted by Gasteiger charge is 2.37. The molecule has 0 saturated carbocycles. The SMILES string of the molecule is COc1ccc2cc1Oc1ccc(cc1)CC1c3cc(c(OC)cc3CCN1C)Oc1c(OC)c(OC)c(CCl)c3c1C(C2)N(C)CC3. The number of nitrogens with zero attached hydrogens (tertiary/aromatic N) is 2. The fraction of sp³-hybridized carbons (Fsp3) is 0.385. The summed E-state index contributed by atoms with van der Waals surface area (Å²) in [5.41, 5.74) is 7.91. The van der Waals surface area contributed by atoms with Crippen molar-refractivity contribution in [1.82, 2.24) is 9.80 Å². The van der Waals surface area contributed by atoms with Crippen LogP contribution in [0.3, 0.4) is 0 Å². The molecule has 8 rings (SSSR count). The molecule has 0 spiro atoms.